The minimum Gasteiger partial charge on any atom is -0.481 e. The summed E-state index contributed by atoms with van der Waals surface area (Å²) < 4.78 is 5.07. The van der Waals surface area contributed by atoms with E-state index in [9.17, 15) is 28.8 Å². The molecule has 0 radical (unpaired) electrons. The molecule has 1 aliphatic rings. The van der Waals surface area contributed by atoms with Crippen LogP contribution in [-0.2, 0) is 28.7 Å². The normalized spacial score (nSPS) is 12.5. The topological polar surface area (TPSA) is 162 Å². The van der Waals surface area contributed by atoms with Crippen molar-refractivity contribution in [2.45, 2.75) is 70.6 Å². The third-order valence-electron chi connectivity index (χ3n) is 5.29. The summed E-state index contributed by atoms with van der Waals surface area (Å²) in [5, 5.41) is 13.8. The minimum absolute atomic E-state index is 0.0552. The maximum Gasteiger partial charge on any atom is 0.407 e. The molecule has 1 aliphatic heterocycles. The van der Waals surface area contributed by atoms with Crippen LogP contribution < -0.4 is 10.6 Å². The number of carboxylic acid groups (broad SMARTS) is 1. The number of aliphatic carboxylic acids is 1. The second-order valence-corrected chi connectivity index (χ2v) is 8.33. The van der Waals surface area contributed by atoms with Crippen LogP contribution >= 0.6 is 0 Å². The van der Waals surface area contributed by atoms with Gasteiger partial charge in [-0.15, -0.1) is 0 Å². The Hall–Kier alpha value is -3.62. The molecule has 0 aliphatic carbocycles. The maximum atomic E-state index is 11.9. The monoisotopic (exact) mass is 508 g/mol. The molecule has 0 aromatic heterocycles. The number of amides is 5. The Balaban J connectivity index is 1.97. The molecule has 0 bridgehead atoms. The molecule has 1 fully saturated rings. The lowest BCUT2D eigenvalue weighted by molar-refractivity contribution is -0.137. The molecule has 3 N–H and O–H groups in total. The summed E-state index contributed by atoms with van der Waals surface area (Å²) in [6.07, 6.45) is 4.00. The molecule has 0 aromatic carbocycles. The van der Waals surface area contributed by atoms with Crippen molar-refractivity contribution in [1.82, 2.24) is 20.4 Å². The lowest BCUT2D eigenvalue weighted by Gasteiger charge is -2.17. The Bertz CT molecular complexity index is 833. The van der Waals surface area contributed by atoms with Crippen LogP contribution in [-0.4, -0.2) is 83.9 Å². The first-order chi connectivity index (χ1) is 17.2. The predicted molar refractivity (Wildman–Crippen MR) is 128 cm³/mol. The highest BCUT2D eigenvalue weighted by atomic mass is 16.5. The zero-order valence-electron chi connectivity index (χ0n) is 20.8. The van der Waals surface area contributed by atoms with Gasteiger partial charge in [0.25, 0.3) is 0 Å². The van der Waals surface area contributed by atoms with Crippen LogP contribution in [0.15, 0.2) is 0 Å². The van der Waals surface area contributed by atoms with Gasteiger partial charge in [-0.05, 0) is 32.1 Å². The lowest BCUT2D eigenvalue weighted by Crippen LogP contribution is -2.30. The molecule has 0 spiro atoms. The number of carbonyl (C=O) groups is 6. The van der Waals surface area contributed by atoms with Crippen LogP contribution in [0.4, 0.5) is 4.79 Å². The van der Waals surface area contributed by atoms with Crippen LogP contribution in [0.5, 0.6) is 0 Å². The molecule has 200 valence electrons. The highest BCUT2D eigenvalue weighted by molar-refractivity contribution is 6.03. The maximum absolute atomic E-state index is 11.9. The van der Waals surface area contributed by atoms with Gasteiger partial charge < -0.3 is 25.4 Å². The lowest BCUT2D eigenvalue weighted by atomic mass is 10.2. The fraction of sp³-hybridized carbons (Fsp3) is 0.667. The molecule has 1 saturated heterocycles. The number of ether oxygens (including phenoxy) is 1. The van der Waals surface area contributed by atoms with E-state index in [1.165, 1.54) is 0 Å². The summed E-state index contributed by atoms with van der Waals surface area (Å²) >= 11 is 0. The molecule has 0 unspecified atom stereocenters. The predicted octanol–water partition coefficient (Wildman–Crippen LogP) is 0.993. The number of nitrogens with zero attached hydrogens (tertiary/aromatic N) is 2. The average molecular weight is 509 g/mol. The first-order valence-electron chi connectivity index (χ1n) is 12.2. The first kappa shape index (κ1) is 30.4. The number of nitrogens with one attached hydrogen (secondary N) is 2. The van der Waals surface area contributed by atoms with E-state index in [1.807, 2.05) is 0 Å². The summed E-state index contributed by atoms with van der Waals surface area (Å²) in [4.78, 5) is 71.1. The molecule has 0 aromatic rings. The summed E-state index contributed by atoms with van der Waals surface area (Å²) in [6.45, 7) is 1.08. The van der Waals surface area contributed by atoms with Crippen molar-refractivity contribution in [3.05, 3.63) is 0 Å². The number of carboxylic acids is 1. The minimum atomic E-state index is -0.870. The zero-order valence-corrected chi connectivity index (χ0v) is 20.8. The van der Waals surface area contributed by atoms with Gasteiger partial charge in [-0.3, -0.25) is 24.0 Å². The van der Waals surface area contributed by atoms with Crippen molar-refractivity contribution < 1.29 is 38.6 Å². The number of rotatable bonds is 16. The van der Waals surface area contributed by atoms with Gasteiger partial charge in [0.2, 0.25) is 23.6 Å². The number of unbranched alkanes of at least 4 members (excludes halogenated alkanes) is 3. The van der Waals surface area contributed by atoms with Crippen LogP contribution in [0.3, 0.4) is 0 Å². The quantitative estimate of drug-likeness (QED) is 0.158. The second kappa shape index (κ2) is 17.8. The SMILES string of the molecule is CN(CCCOC(=O)NCCCCCC(=O)NCC#CN1C(=O)CCC1=O)C(=O)CCCCC(=O)O. The van der Waals surface area contributed by atoms with Gasteiger partial charge in [0.05, 0.1) is 13.2 Å². The van der Waals surface area contributed by atoms with Gasteiger partial charge in [-0.1, -0.05) is 12.3 Å². The van der Waals surface area contributed by atoms with Crippen molar-refractivity contribution in [2.75, 3.05) is 33.3 Å². The summed E-state index contributed by atoms with van der Waals surface area (Å²) in [5.74, 6) is 0.832. The average Bonchev–Trinajstić information content (AvgIpc) is 3.16. The van der Waals surface area contributed by atoms with E-state index in [0.29, 0.717) is 58.0 Å². The number of hydrogen-bond acceptors (Lipinski definition) is 7. The molecule has 5 amide bonds. The highest BCUT2D eigenvalue weighted by Crippen LogP contribution is 2.09. The van der Waals surface area contributed by atoms with Crippen molar-refractivity contribution in [3.8, 4) is 12.0 Å². The fourth-order valence-corrected chi connectivity index (χ4v) is 3.21. The molecular formula is C24H36N4O8. The Kier molecular flexibility index (Phi) is 15.0. The zero-order chi connectivity index (χ0) is 26.8. The van der Waals surface area contributed by atoms with E-state index in [1.54, 1.807) is 11.9 Å². The fourth-order valence-electron chi connectivity index (χ4n) is 3.21. The van der Waals surface area contributed by atoms with Crippen molar-refractivity contribution in [1.29, 1.82) is 0 Å². The van der Waals surface area contributed by atoms with Gasteiger partial charge in [0, 0.05) is 58.3 Å². The van der Waals surface area contributed by atoms with Crippen LogP contribution in [0.25, 0.3) is 0 Å². The number of hydrogen-bond donors (Lipinski definition) is 3. The standard InChI is InChI=1S/C24H36N4O8/c1-27(20(30)10-4-5-11-23(33)34)16-8-18-36-24(35)26-14-6-2-3-9-19(29)25-15-7-17-28-21(31)12-13-22(28)32/h2-6,8-16,18H2,1H3,(H,25,29)(H,26,35)(H,33,34). The summed E-state index contributed by atoms with van der Waals surface area (Å²) in [5.41, 5.74) is 0. The molecule has 0 saturated carbocycles. The van der Waals surface area contributed by atoms with Gasteiger partial charge in [0.15, 0.2) is 0 Å². The van der Waals surface area contributed by atoms with Crippen LogP contribution in [0.1, 0.15) is 70.6 Å². The number of carbonyl (C=O) groups excluding carboxylic acids is 5. The molecular weight excluding hydrogens is 472 g/mol. The van der Waals surface area contributed by atoms with Gasteiger partial charge in [-0.25, -0.2) is 9.69 Å². The Labute approximate surface area is 211 Å². The van der Waals surface area contributed by atoms with Crippen molar-refractivity contribution >= 4 is 35.7 Å². The van der Waals surface area contributed by atoms with E-state index in [4.69, 9.17) is 9.84 Å². The first-order valence-corrected chi connectivity index (χ1v) is 12.2. The van der Waals surface area contributed by atoms with E-state index in [-0.39, 0.29) is 56.0 Å². The number of imide groups is 1. The number of alkyl carbamates (subject to hydrolysis) is 1. The third-order valence-corrected chi connectivity index (χ3v) is 5.29. The summed E-state index contributed by atoms with van der Waals surface area (Å²) in [7, 11) is 1.66. The molecule has 12 heteroatoms. The largest absolute Gasteiger partial charge is 0.481 e. The molecule has 12 nitrogen and oxygen atoms in total. The molecule has 36 heavy (non-hydrogen) atoms. The van der Waals surface area contributed by atoms with Gasteiger partial charge in [0.1, 0.15) is 0 Å². The van der Waals surface area contributed by atoms with Crippen LogP contribution in [0.2, 0.25) is 0 Å². The van der Waals surface area contributed by atoms with E-state index in [2.05, 4.69) is 22.6 Å². The molecule has 1 heterocycles. The Morgan fingerprint density at radius 3 is 2.31 bits per heavy atom. The molecule has 1 rings (SSSR count). The van der Waals surface area contributed by atoms with Gasteiger partial charge in [-0.2, -0.15) is 0 Å². The Morgan fingerprint density at radius 2 is 1.61 bits per heavy atom. The van der Waals surface area contributed by atoms with Crippen molar-refractivity contribution in [2.24, 2.45) is 0 Å². The second-order valence-electron chi connectivity index (χ2n) is 8.33. The van der Waals surface area contributed by atoms with Crippen molar-refractivity contribution in [3.63, 3.8) is 0 Å². The van der Waals surface area contributed by atoms with E-state index < -0.39 is 12.1 Å². The smallest absolute Gasteiger partial charge is 0.407 e. The highest BCUT2D eigenvalue weighted by Gasteiger charge is 2.27. The number of likely N-dealkylation sites (tertiary alicyclic amines) is 1. The third kappa shape index (κ3) is 13.9. The van der Waals surface area contributed by atoms with Crippen LogP contribution in [0, 0.1) is 12.0 Å². The molecule has 0 atom stereocenters. The van der Waals surface area contributed by atoms with Gasteiger partial charge >= 0.3 is 12.1 Å². The Morgan fingerprint density at radius 1 is 0.944 bits per heavy atom. The van der Waals surface area contributed by atoms with E-state index >= 15 is 0 Å². The summed E-state index contributed by atoms with van der Waals surface area (Å²) in [6, 6.07) is 2.46. The van der Waals surface area contributed by atoms with E-state index in [0.717, 1.165) is 11.3 Å².